The molecule has 3 rings (SSSR count). The third-order valence-corrected chi connectivity index (χ3v) is 3.14. The second-order valence-electron chi connectivity index (χ2n) is 3.86. The minimum absolute atomic E-state index is 0.768. The summed E-state index contributed by atoms with van der Waals surface area (Å²) in [5.41, 5.74) is 5.80. The summed E-state index contributed by atoms with van der Waals surface area (Å²) < 4.78 is 0. The topological polar surface area (TPSA) is 0 Å². The lowest BCUT2D eigenvalue weighted by Gasteiger charge is -2.05. The average Bonchev–Trinajstić information content (AvgIpc) is 2.57. The fraction of sp³-hybridized carbons (Fsp3) is 0.0769. The molecule has 2 aromatic carbocycles. The monoisotopic (exact) mass is 210 g/mol. The minimum Gasteiger partial charge on any atom is -0.0887 e. The number of hydrogen-bond acceptors (Lipinski definition) is 0. The lowest BCUT2D eigenvalue weighted by molar-refractivity contribution is 1.26. The lowest BCUT2D eigenvalue weighted by Crippen LogP contribution is -2.05. The first-order chi connectivity index (χ1) is 7.25. The van der Waals surface area contributed by atoms with E-state index in [1.165, 1.54) is 16.7 Å². The van der Waals surface area contributed by atoms with Gasteiger partial charge in [0.25, 0.3) is 0 Å². The van der Waals surface area contributed by atoms with Gasteiger partial charge in [0.05, 0.1) is 0 Å². The molecule has 0 bridgehead atoms. The third-order valence-electron chi connectivity index (χ3n) is 2.91. The Morgan fingerprint density at radius 2 is 1.93 bits per heavy atom. The van der Waals surface area contributed by atoms with Crippen LogP contribution in [0.2, 0.25) is 5.02 Å². The zero-order valence-corrected chi connectivity index (χ0v) is 8.88. The first kappa shape index (κ1) is 9.05. The predicted octanol–water partition coefficient (Wildman–Crippen LogP) is 2.71. The normalized spacial score (nSPS) is 12.3. The SMILES string of the molecule is [B]c1cccc2c1-c1cc(Cl)ccc1C2. The predicted molar refractivity (Wildman–Crippen MR) is 65.1 cm³/mol. The van der Waals surface area contributed by atoms with Crippen molar-refractivity contribution < 1.29 is 0 Å². The molecule has 2 radical (unpaired) electrons. The van der Waals surface area contributed by atoms with Gasteiger partial charge in [-0.3, -0.25) is 0 Å². The van der Waals surface area contributed by atoms with E-state index in [1.807, 2.05) is 24.3 Å². The molecule has 0 fully saturated rings. The van der Waals surface area contributed by atoms with Crippen LogP contribution in [0, 0.1) is 0 Å². The molecular weight excluding hydrogens is 202 g/mol. The highest BCUT2D eigenvalue weighted by Crippen LogP contribution is 2.36. The van der Waals surface area contributed by atoms with E-state index in [-0.39, 0.29) is 0 Å². The third kappa shape index (κ3) is 1.31. The number of rotatable bonds is 0. The Balaban J connectivity index is 2.33. The van der Waals surface area contributed by atoms with Crippen LogP contribution < -0.4 is 5.46 Å². The van der Waals surface area contributed by atoms with Crippen molar-refractivity contribution in [3.63, 3.8) is 0 Å². The second-order valence-corrected chi connectivity index (χ2v) is 4.30. The van der Waals surface area contributed by atoms with E-state index in [0.29, 0.717) is 0 Å². The van der Waals surface area contributed by atoms with Crippen LogP contribution in [-0.4, -0.2) is 7.85 Å². The molecule has 1 aliphatic carbocycles. The maximum Gasteiger partial charge on any atom is 0.114 e. The Labute approximate surface area is 95.3 Å². The molecule has 2 aromatic rings. The maximum atomic E-state index is 6.00. The molecular formula is C13H8BCl. The van der Waals surface area contributed by atoms with E-state index in [9.17, 15) is 0 Å². The van der Waals surface area contributed by atoms with Gasteiger partial charge in [-0.1, -0.05) is 41.3 Å². The quantitative estimate of drug-likeness (QED) is 0.501. The van der Waals surface area contributed by atoms with Crippen LogP contribution in [-0.2, 0) is 6.42 Å². The van der Waals surface area contributed by atoms with Crippen LogP contribution in [0.3, 0.4) is 0 Å². The van der Waals surface area contributed by atoms with Gasteiger partial charge in [-0.15, -0.1) is 0 Å². The van der Waals surface area contributed by atoms with Crippen molar-refractivity contribution in [2.24, 2.45) is 0 Å². The molecule has 0 saturated heterocycles. The summed E-state index contributed by atoms with van der Waals surface area (Å²) in [4.78, 5) is 0. The molecule has 2 heteroatoms. The number of benzene rings is 2. The number of fused-ring (bicyclic) bond motifs is 3. The van der Waals surface area contributed by atoms with Crippen molar-refractivity contribution in [2.75, 3.05) is 0 Å². The Kier molecular flexibility index (Phi) is 1.90. The van der Waals surface area contributed by atoms with Crippen molar-refractivity contribution in [3.05, 3.63) is 52.5 Å². The maximum absolute atomic E-state index is 6.00. The summed E-state index contributed by atoms with van der Waals surface area (Å²) in [7, 11) is 5.99. The Morgan fingerprint density at radius 3 is 2.80 bits per heavy atom. The highest BCUT2D eigenvalue weighted by Gasteiger charge is 2.19. The van der Waals surface area contributed by atoms with Gasteiger partial charge < -0.3 is 0 Å². The standard InChI is InChI=1S/C13H8BCl/c14-12-3-1-2-9-6-8-4-5-10(15)7-11(8)13(9)12/h1-5,7H,6H2. The van der Waals surface area contributed by atoms with Crippen molar-refractivity contribution in [3.8, 4) is 11.1 Å². The van der Waals surface area contributed by atoms with E-state index in [0.717, 1.165) is 22.5 Å². The molecule has 0 aliphatic heterocycles. The Hall–Kier alpha value is -1.21. The van der Waals surface area contributed by atoms with E-state index >= 15 is 0 Å². The van der Waals surface area contributed by atoms with Gasteiger partial charge in [-0.05, 0) is 40.8 Å². The van der Waals surface area contributed by atoms with E-state index in [2.05, 4.69) is 12.1 Å². The first-order valence-corrected chi connectivity index (χ1v) is 5.29. The highest BCUT2D eigenvalue weighted by atomic mass is 35.5. The van der Waals surface area contributed by atoms with E-state index in [1.54, 1.807) is 0 Å². The molecule has 70 valence electrons. The Morgan fingerprint density at radius 1 is 1.07 bits per heavy atom. The van der Waals surface area contributed by atoms with E-state index < -0.39 is 0 Å². The van der Waals surface area contributed by atoms with Gasteiger partial charge in [0, 0.05) is 5.02 Å². The summed E-state index contributed by atoms with van der Waals surface area (Å²) in [6.45, 7) is 0. The van der Waals surface area contributed by atoms with Crippen LogP contribution in [0.1, 0.15) is 11.1 Å². The van der Waals surface area contributed by atoms with E-state index in [4.69, 9.17) is 19.4 Å². The first-order valence-electron chi connectivity index (χ1n) is 4.92. The largest absolute Gasteiger partial charge is 0.114 e. The number of hydrogen-bond donors (Lipinski definition) is 0. The van der Waals surface area contributed by atoms with Crippen LogP contribution in [0.5, 0.6) is 0 Å². The molecule has 0 amide bonds. The zero-order valence-electron chi connectivity index (χ0n) is 8.13. The van der Waals surface area contributed by atoms with Crippen molar-refractivity contribution in [1.29, 1.82) is 0 Å². The molecule has 0 atom stereocenters. The average molecular weight is 210 g/mol. The fourth-order valence-corrected chi connectivity index (χ4v) is 2.41. The van der Waals surface area contributed by atoms with Gasteiger partial charge in [0.15, 0.2) is 0 Å². The molecule has 0 spiro atoms. The second kappa shape index (κ2) is 3.14. The lowest BCUT2D eigenvalue weighted by atomic mass is 9.87. The van der Waals surface area contributed by atoms with Crippen molar-refractivity contribution in [1.82, 2.24) is 0 Å². The van der Waals surface area contributed by atoms with Crippen LogP contribution in [0.4, 0.5) is 0 Å². The highest BCUT2D eigenvalue weighted by molar-refractivity contribution is 6.36. The van der Waals surface area contributed by atoms with Crippen molar-refractivity contribution in [2.45, 2.75) is 6.42 Å². The molecule has 0 saturated carbocycles. The summed E-state index contributed by atoms with van der Waals surface area (Å²) in [6, 6.07) is 12.1. The molecule has 0 aromatic heterocycles. The van der Waals surface area contributed by atoms with Gasteiger partial charge in [0.1, 0.15) is 7.85 Å². The zero-order chi connectivity index (χ0) is 10.4. The minimum atomic E-state index is 0.768. The fourth-order valence-electron chi connectivity index (χ4n) is 2.24. The summed E-state index contributed by atoms with van der Waals surface area (Å²) >= 11 is 6.00. The van der Waals surface area contributed by atoms with Crippen LogP contribution in [0.15, 0.2) is 36.4 Å². The van der Waals surface area contributed by atoms with Crippen LogP contribution in [0.25, 0.3) is 11.1 Å². The molecule has 0 heterocycles. The van der Waals surface area contributed by atoms with Gasteiger partial charge in [-0.25, -0.2) is 0 Å². The summed E-state index contributed by atoms with van der Waals surface area (Å²) in [5.74, 6) is 0. The van der Waals surface area contributed by atoms with Crippen molar-refractivity contribution >= 4 is 24.9 Å². The van der Waals surface area contributed by atoms with Gasteiger partial charge in [0.2, 0.25) is 0 Å². The molecule has 1 aliphatic rings. The number of halogens is 1. The van der Waals surface area contributed by atoms with Gasteiger partial charge >= 0.3 is 0 Å². The molecule has 0 N–H and O–H groups in total. The molecule has 0 nitrogen and oxygen atoms in total. The van der Waals surface area contributed by atoms with Crippen LogP contribution >= 0.6 is 11.6 Å². The summed E-state index contributed by atoms with van der Waals surface area (Å²) in [5, 5.41) is 0.768. The Bertz CT molecular complexity index is 546. The summed E-state index contributed by atoms with van der Waals surface area (Å²) in [6.07, 6.45) is 0.965. The smallest absolute Gasteiger partial charge is 0.0887 e. The molecule has 0 unspecified atom stereocenters. The van der Waals surface area contributed by atoms with Gasteiger partial charge in [-0.2, -0.15) is 0 Å². The molecule has 15 heavy (non-hydrogen) atoms.